The van der Waals surface area contributed by atoms with Gasteiger partial charge in [0.1, 0.15) is 11.3 Å². The van der Waals surface area contributed by atoms with Crippen molar-refractivity contribution >= 4 is 33.3 Å². The minimum absolute atomic E-state index is 0.0801. The molecule has 0 atom stereocenters. The molecule has 0 amide bonds. The first-order valence-electron chi connectivity index (χ1n) is 6.08. The maximum Gasteiger partial charge on any atom is 0.339 e. The fraction of sp³-hybridized carbons (Fsp3) is 0.0714. The number of carboxylic acid groups (broad SMARTS) is 1. The Morgan fingerprint density at radius 1 is 1.14 bits per heavy atom. The number of carbonyl (C=O) groups is 1. The Kier molecular flexibility index (Phi) is 4.58. The number of anilines is 1. The topological polar surface area (TPSA) is 104 Å². The Morgan fingerprint density at radius 3 is 2.32 bits per heavy atom. The van der Waals surface area contributed by atoms with E-state index in [-0.39, 0.29) is 17.0 Å². The Hall–Kier alpha value is -2.25. The number of rotatable bonds is 5. The molecular weight excluding hydrogens is 330 g/mol. The van der Waals surface area contributed by atoms with Crippen LogP contribution in [0.4, 0.5) is 5.69 Å². The van der Waals surface area contributed by atoms with Gasteiger partial charge < -0.3 is 10.2 Å². The Balaban J connectivity index is 2.16. The molecule has 0 aliphatic carbocycles. The van der Waals surface area contributed by atoms with Crippen LogP contribution < -0.4 is 4.72 Å². The molecule has 22 heavy (non-hydrogen) atoms. The third-order valence-electron chi connectivity index (χ3n) is 2.77. The number of phenols is 1. The zero-order chi connectivity index (χ0) is 16.3. The van der Waals surface area contributed by atoms with E-state index in [2.05, 4.69) is 4.72 Å². The van der Waals surface area contributed by atoms with Crippen LogP contribution in [0, 0.1) is 0 Å². The molecule has 8 heteroatoms. The average molecular weight is 342 g/mol. The molecule has 0 aliphatic rings. The highest BCUT2D eigenvalue weighted by Gasteiger charge is 2.15. The van der Waals surface area contributed by atoms with E-state index in [0.29, 0.717) is 10.6 Å². The summed E-state index contributed by atoms with van der Waals surface area (Å²) in [6.07, 6.45) is 0. The molecule has 6 nitrogen and oxygen atoms in total. The van der Waals surface area contributed by atoms with Gasteiger partial charge in [-0.25, -0.2) is 13.2 Å². The summed E-state index contributed by atoms with van der Waals surface area (Å²) in [5.74, 6) is -2.08. The van der Waals surface area contributed by atoms with Crippen LogP contribution in [0.15, 0.2) is 42.5 Å². The second-order valence-corrected chi connectivity index (χ2v) is 6.68. The first kappa shape index (κ1) is 16.1. The summed E-state index contributed by atoms with van der Waals surface area (Å²) in [4.78, 5) is 10.8. The zero-order valence-corrected chi connectivity index (χ0v) is 12.7. The van der Waals surface area contributed by atoms with Gasteiger partial charge in [-0.1, -0.05) is 23.7 Å². The standard InChI is InChI=1S/C14H12ClNO5S/c15-10-3-1-9(2-4-10)8-22(20,21)16-11-5-6-12(14(18)19)13(17)7-11/h1-7,16-17H,8H2,(H,18,19). The highest BCUT2D eigenvalue weighted by molar-refractivity contribution is 7.91. The van der Waals surface area contributed by atoms with Crippen LogP contribution in [0.5, 0.6) is 5.75 Å². The zero-order valence-electron chi connectivity index (χ0n) is 11.2. The van der Waals surface area contributed by atoms with Crippen molar-refractivity contribution in [2.45, 2.75) is 5.75 Å². The van der Waals surface area contributed by atoms with Crippen molar-refractivity contribution in [3.05, 3.63) is 58.6 Å². The summed E-state index contributed by atoms with van der Waals surface area (Å²) in [5.41, 5.74) is 0.320. The van der Waals surface area contributed by atoms with Crippen LogP contribution in [-0.4, -0.2) is 24.6 Å². The number of nitrogens with one attached hydrogen (secondary N) is 1. The van der Waals surface area contributed by atoms with Crippen molar-refractivity contribution in [2.24, 2.45) is 0 Å². The van der Waals surface area contributed by atoms with Crippen molar-refractivity contribution in [2.75, 3.05) is 4.72 Å². The normalized spacial score (nSPS) is 11.1. The number of carboxylic acids is 1. The lowest BCUT2D eigenvalue weighted by molar-refractivity contribution is 0.0694. The predicted molar refractivity (Wildman–Crippen MR) is 82.8 cm³/mol. The molecule has 0 bridgehead atoms. The maximum atomic E-state index is 12.0. The van der Waals surface area contributed by atoms with Gasteiger partial charge in [-0.3, -0.25) is 4.72 Å². The molecule has 3 N–H and O–H groups in total. The van der Waals surface area contributed by atoms with Gasteiger partial charge in [-0.05, 0) is 29.8 Å². The molecule has 0 aromatic heterocycles. The van der Waals surface area contributed by atoms with Crippen LogP contribution >= 0.6 is 11.6 Å². The summed E-state index contributed by atoms with van der Waals surface area (Å²) < 4.78 is 26.4. The van der Waals surface area contributed by atoms with E-state index in [1.54, 1.807) is 24.3 Å². The summed E-state index contributed by atoms with van der Waals surface area (Å²) in [6, 6.07) is 9.78. The third-order valence-corrected chi connectivity index (χ3v) is 4.28. The van der Waals surface area contributed by atoms with Crippen LogP contribution in [-0.2, 0) is 15.8 Å². The summed E-state index contributed by atoms with van der Waals surface area (Å²) in [6.45, 7) is 0. The molecule has 0 spiro atoms. The molecule has 2 rings (SSSR count). The lowest BCUT2D eigenvalue weighted by Crippen LogP contribution is -2.15. The van der Waals surface area contributed by atoms with Crippen molar-refractivity contribution < 1.29 is 23.4 Å². The summed E-state index contributed by atoms with van der Waals surface area (Å²) in [5, 5.41) is 18.8. The molecular formula is C14H12ClNO5S. The van der Waals surface area contributed by atoms with E-state index in [4.69, 9.17) is 16.7 Å². The molecule has 0 saturated carbocycles. The van der Waals surface area contributed by atoms with Gasteiger partial charge in [0.05, 0.1) is 11.4 Å². The minimum Gasteiger partial charge on any atom is -0.507 e. The molecule has 0 unspecified atom stereocenters. The Labute approximate surface area is 132 Å². The molecule has 0 heterocycles. The first-order valence-corrected chi connectivity index (χ1v) is 8.11. The number of aromatic carboxylic acids is 1. The van der Waals surface area contributed by atoms with Crippen molar-refractivity contribution in [1.29, 1.82) is 0 Å². The minimum atomic E-state index is -3.70. The van der Waals surface area contributed by atoms with Gasteiger partial charge in [0.2, 0.25) is 10.0 Å². The van der Waals surface area contributed by atoms with Gasteiger partial charge in [0.15, 0.2) is 0 Å². The average Bonchev–Trinajstić information content (AvgIpc) is 2.40. The first-order chi connectivity index (χ1) is 10.3. The smallest absolute Gasteiger partial charge is 0.339 e. The molecule has 2 aromatic carbocycles. The number of halogens is 1. The van der Waals surface area contributed by atoms with Crippen molar-refractivity contribution in [1.82, 2.24) is 0 Å². The van der Waals surface area contributed by atoms with Gasteiger partial charge in [-0.15, -0.1) is 0 Å². The molecule has 2 aromatic rings. The van der Waals surface area contributed by atoms with Crippen molar-refractivity contribution in [3.63, 3.8) is 0 Å². The van der Waals surface area contributed by atoms with Crippen LogP contribution in [0.25, 0.3) is 0 Å². The lowest BCUT2D eigenvalue weighted by atomic mass is 10.2. The maximum absolute atomic E-state index is 12.0. The van der Waals surface area contributed by atoms with Gasteiger partial charge in [0, 0.05) is 11.1 Å². The Morgan fingerprint density at radius 2 is 1.77 bits per heavy atom. The van der Waals surface area contributed by atoms with Crippen molar-refractivity contribution in [3.8, 4) is 5.75 Å². The van der Waals surface area contributed by atoms with E-state index < -0.39 is 21.7 Å². The fourth-order valence-electron chi connectivity index (χ4n) is 1.79. The summed E-state index contributed by atoms with van der Waals surface area (Å²) in [7, 11) is -3.70. The van der Waals surface area contributed by atoms with Crippen LogP contribution in [0.2, 0.25) is 5.02 Å². The fourth-order valence-corrected chi connectivity index (χ4v) is 3.11. The second kappa shape index (κ2) is 6.25. The predicted octanol–water partition coefficient (Wildman–Crippen LogP) is 2.69. The van der Waals surface area contributed by atoms with Crippen LogP contribution in [0.3, 0.4) is 0 Å². The van der Waals surface area contributed by atoms with Crippen LogP contribution in [0.1, 0.15) is 15.9 Å². The highest BCUT2D eigenvalue weighted by Crippen LogP contribution is 2.23. The number of hydrogen-bond donors (Lipinski definition) is 3. The van der Waals surface area contributed by atoms with E-state index in [1.165, 1.54) is 6.07 Å². The van der Waals surface area contributed by atoms with Gasteiger partial charge >= 0.3 is 5.97 Å². The SMILES string of the molecule is O=C(O)c1ccc(NS(=O)(=O)Cc2ccc(Cl)cc2)cc1O. The van der Waals surface area contributed by atoms with E-state index in [9.17, 15) is 18.3 Å². The largest absolute Gasteiger partial charge is 0.507 e. The molecule has 0 radical (unpaired) electrons. The highest BCUT2D eigenvalue weighted by atomic mass is 35.5. The van der Waals surface area contributed by atoms with Gasteiger partial charge in [-0.2, -0.15) is 0 Å². The third kappa shape index (κ3) is 4.12. The molecule has 0 aliphatic heterocycles. The Bertz CT molecular complexity index is 802. The quantitative estimate of drug-likeness (QED) is 0.775. The number of hydrogen-bond acceptors (Lipinski definition) is 4. The number of benzene rings is 2. The molecule has 116 valence electrons. The molecule has 0 saturated heterocycles. The van der Waals surface area contributed by atoms with E-state index in [1.807, 2.05) is 0 Å². The monoisotopic (exact) mass is 341 g/mol. The van der Waals surface area contributed by atoms with E-state index in [0.717, 1.165) is 12.1 Å². The number of aromatic hydroxyl groups is 1. The molecule has 0 fully saturated rings. The second-order valence-electron chi connectivity index (χ2n) is 4.52. The number of sulfonamides is 1. The summed E-state index contributed by atoms with van der Waals surface area (Å²) >= 11 is 5.73. The van der Waals surface area contributed by atoms with E-state index >= 15 is 0 Å². The lowest BCUT2D eigenvalue weighted by Gasteiger charge is -2.09. The van der Waals surface area contributed by atoms with Gasteiger partial charge in [0.25, 0.3) is 0 Å².